The average Bonchev–Trinajstić information content (AvgIpc) is 2.72. The van der Waals surface area contributed by atoms with Crippen LogP contribution in [0.5, 0.6) is 0 Å². The van der Waals surface area contributed by atoms with E-state index in [1.807, 2.05) is 0 Å². The van der Waals surface area contributed by atoms with Crippen molar-refractivity contribution >= 4 is 23.2 Å². The van der Waals surface area contributed by atoms with E-state index in [2.05, 4.69) is 9.72 Å². The van der Waals surface area contributed by atoms with Crippen LogP contribution in [0.4, 0.5) is 13.2 Å². The maximum absolute atomic E-state index is 13.3. The van der Waals surface area contributed by atoms with Crippen molar-refractivity contribution in [3.63, 3.8) is 0 Å². The van der Waals surface area contributed by atoms with Gasteiger partial charge in [0.2, 0.25) is 0 Å². The van der Waals surface area contributed by atoms with Crippen molar-refractivity contribution in [3.8, 4) is 0 Å². The number of esters is 1. The van der Waals surface area contributed by atoms with Crippen LogP contribution < -0.4 is 0 Å². The summed E-state index contributed by atoms with van der Waals surface area (Å²) in [4.78, 5) is 24.7. The Labute approximate surface area is 117 Å². The maximum Gasteiger partial charge on any atom is 0.406 e. The zero-order valence-electron chi connectivity index (χ0n) is 11.0. The van der Waals surface area contributed by atoms with Gasteiger partial charge in [-0.25, -0.2) is 0 Å². The standard InChI is InChI=1S/C14H12F3NO3/c1-8-11(9-4-2-3-5-10(9)18-8)12(14(15,16)17)13(20)21-7-6-19/h2-6,12,18H,7H2,1H3. The molecule has 1 aromatic carbocycles. The van der Waals surface area contributed by atoms with Crippen LogP contribution in [0.3, 0.4) is 0 Å². The summed E-state index contributed by atoms with van der Waals surface area (Å²) in [6.45, 7) is 0.758. The van der Waals surface area contributed by atoms with Crippen molar-refractivity contribution in [1.82, 2.24) is 4.98 Å². The van der Waals surface area contributed by atoms with E-state index in [-0.39, 0.29) is 17.5 Å². The lowest BCUT2D eigenvalue weighted by atomic mass is 9.95. The second kappa shape index (κ2) is 5.59. The third-order valence-electron chi connectivity index (χ3n) is 3.09. The monoisotopic (exact) mass is 299 g/mol. The summed E-state index contributed by atoms with van der Waals surface area (Å²) in [7, 11) is 0. The third kappa shape index (κ3) is 2.91. The number of benzene rings is 1. The fraction of sp³-hybridized carbons (Fsp3) is 0.286. The summed E-state index contributed by atoms with van der Waals surface area (Å²) < 4.78 is 44.2. The molecule has 1 N–H and O–H groups in total. The molecule has 0 saturated carbocycles. The number of aryl methyl sites for hydroxylation is 1. The first-order valence-electron chi connectivity index (χ1n) is 6.10. The van der Waals surface area contributed by atoms with E-state index in [4.69, 9.17) is 0 Å². The van der Waals surface area contributed by atoms with Crippen LogP contribution in [0.15, 0.2) is 24.3 Å². The zero-order valence-corrected chi connectivity index (χ0v) is 11.0. The predicted molar refractivity (Wildman–Crippen MR) is 68.9 cm³/mol. The second-order valence-electron chi connectivity index (χ2n) is 4.48. The van der Waals surface area contributed by atoms with Crippen LogP contribution in [0.2, 0.25) is 0 Å². The van der Waals surface area contributed by atoms with E-state index in [1.54, 1.807) is 18.2 Å². The highest BCUT2D eigenvalue weighted by atomic mass is 19.4. The molecule has 0 radical (unpaired) electrons. The molecule has 7 heteroatoms. The van der Waals surface area contributed by atoms with Gasteiger partial charge in [0.1, 0.15) is 6.61 Å². The number of hydrogen-bond acceptors (Lipinski definition) is 3. The molecule has 0 aliphatic heterocycles. The number of rotatable bonds is 4. The number of hydrogen-bond donors (Lipinski definition) is 1. The number of ether oxygens (including phenoxy) is 1. The largest absolute Gasteiger partial charge is 0.457 e. The minimum atomic E-state index is -4.81. The van der Waals surface area contributed by atoms with E-state index in [0.717, 1.165) is 0 Å². The molecular formula is C14H12F3NO3. The predicted octanol–water partition coefficient (Wildman–Crippen LogP) is 2.86. The van der Waals surface area contributed by atoms with Gasteiger partial charge < -0.3 is 9.72 Å². The van der Waals surface area contributed by atoms with Gasteiger partial charge in [-0.15, -0.1) is 0 Å². The van der Waals surface area contributed by atoms with E-state index in [0.29, 0.717) is 10.9 Å². The summed E-state index contributed by atoms with van der Waals surface area (Å²) in [5.74, 6) is -3.91. The van der Waals surface area contributed by atoms with Crippen molar-refractivity contribution in [2.75, 3.05) is 6.61 Å². The normalized spacial score (nSPS) is 13.1. The van der Waals surface area contributed by atoms with Gasteiger partial charge in [-0.2, -0.15) is 13.2 Å². The van der Waals surface area contributed by atoms with Crippen LogP contribution in [-0.2, 0) is 14.3 Å². The van der Waals surface area contributed by atoms with Gasteiger partial charge in [0.15, 0.2) is 12.2 Å². The van der Waals surface area contributed by atoms with Gasteiger partial charge in [0.25, 0.3) is 0 Å². The molecule has 1 heterocycles. The number of halogens is 3. The summed E-state index contributed by atoms with van der Waals surface area (Å²) >= 11 is 0. The maximum atomic E-state index is 13.3. The number of nitrogens with one attached hydrogen (secondary N) is 1. The Morgan fingerprint density at radius 2 is 2.05 bits per heavy atom. The fourth-order valence-electron chi connectivity index (χ4n) is 2.28. The molecule has 4 nitrogen and oxygen atoms in total. The summed E-state index contributed by atoms with van der Waals surface area (Å²) in [6.07, 6.45) is -4.58. The van der Waals surface area contributed by atoms with Gasteiger partial charge in [-0.05, 0) is 13.0 Å². The number of alkyl halides is 3. The molecule has 2 aromatic rings. The fourth-order valence-corrected chi connectivity index (χ4v) is 2.28. The molecule has 0 bridgehead atoms. The highest BCUT2D eigenvalue weighted by Crippen LogP contribution is 2.40. The first-order valence-corrected chi connectivity index (χ1v) is 6.10. The highest BCUT2D eigenvalue weighted by molar-refractivity contribution is 5.92. The number of aldehydes is 1. The Bertz CT molecular complexity index is 676. The second-order valence-corrected chi connectivity index (χ2v) is 4.48. The quantitative estimate of drug-likeness (QED) is 0.697. The molecule has 0 fully saturated rings. The molecule has 1 aromatic heterocycles. The van der Waals surface area contributed by atoms with E-state index in [9.17, 15) is 22.8 Å². The van der Waals surface area contributed by atoms with Crippen LogP contribution in [0.25, 0.3) is 10.9 Å². The van der Waals surface area contributed by atoms with Crippen molar-refractivity contribution < 1.29 is 27.5 Å². The van der Waals surface area contributed by atoms with E-state index >= 15 is 0 Å². The van der Waals surface area contributed by atoms with Gasteiger partial charge in [0.05, 0.1) is 0 Å². The van der Waals surface area contributed by atoms with Crippen LogP contribution in [0.1, 0.15) is 17.2 Å². The van der Waals surface area contributed by atoms with Crippen molar-refractivity contribution in [3.05, 3.63) is 35.5 Å². The lowest BCUT2D eigenvalue weighted by Crippen LogP contribution is -2.31. The van der Waals surface area contributed by atoms with E-state index < -0.39 is 24.7 Å². The number of H-pyrrole nitrogens is 1. The Balaban J connectivity index is 2.56. The molecule has 0 aliphatic rings. The molecule has 0 amide bonds. The number of para-hydroxylation sites is 1. The van der Waals surface area contributed by atoms with Gasteiger partial charge in [-0.3, -0.25) is 9.59 Å². The number of aromatic nitrogens is 1. The molecule has 1 atom stereocenters. The van der Waals surface area contributed by atoms with Gasteiger partial charge in [0, 0.05) is 22.2 Å². The molecule has 112 valence electrons. The summed E-state index contributed by atoms with van der Waals surface area (Å²) in [5.41, 5.74) is 0.568. The Hall–Kier alpha value is -2.31. The Morgan fingerprint density at radius 3 is 2.67 bits per heavy atom. The highest BCUT2D eigenvalue weighted by Gasteiger charge is 2.49. The zero-order chi connectivity index (χ0) is 15.6. The lowest BCUT2D eigenvalue weighted by Gasteiger charge is -2.19. The molecule has 2 rings (SSSR count). The first-order chi connectivity index (χ1) is 9.86. The first kappa shape index (κ1) is 15.1. The van der Waals surface area contributed by atoms with Crippen LogP contribution in [-0.4, -0.2) is 30.0 Å². The minimum Gasteiger partial charge on any atom is -0.457 e. The van der Waals surface area contributed by atoms with E-state index in [1.165, 1.54) is 13.0 Å². The molecule has 1 unspecified atom stereocenters. The van der Waals surface area contributed by atoms with Crippen LogP contribution in [0, 0.1) is 6.92 Å². The number of carbonyl (C=O) groups is 2. The SMILES string of the molecule is Cc1[nH]c2ccccc2c1C(C(=O)OCC=O)C(F)(F)F. The molecule has 0 spiro atoms. The number of fused-ring (bicyclic) bond motifs is 1. The Morgan fingerprint density at radius 1 is 1.38 bits per heavy atom. The topological polar surface area (TPSA) is 59.2 Å². The molecule has 21 heavy (non-hydrogen) atoms. The van der Waals surface area contributed by atoms with Crippen molar-refractivity contribution in [2.45, 2.75) is 19.0 Å². The smallest absolute Gasteiger partial charge is 0.406 e. The lowest BCUT2D eigenvalue weighted by molar-refractivity contribution is -0.181. The van der Waals surface area contributed by atoms with Gasteiger partial charge >= 0.3 is 12.1 Å². The third-order valence-corrected chi connectivity index (χ3v) is 3.09. The number of carbonyl (C=O) groups excluding carboxylic acids is 2. The molecular weight excluding hydrogens is 287 g/mol. The van der Waals surface area contributed by atoms with Gasteiger partial charge in [-0.1, -0.05) is 18.2 Å². The summed E-state index contributed by atoms with van der Waals surface area (Å²) in [5, 5.41) is 0.306. The number of aromatic amines is 1. The minimum absolute atomic E-state index is 0.172. The average molecular weight is 299 g/mol. The summed E-state index contributed by atoms with van der Waals surface area (Å²) in [6, 6.07) is 6.38. The molecule has 0 saturated heterocycles. The van der Waals surface area contributed by atoms with Crippen molar-refractivity contribution in [2.24, 2.45) is 0 Å². The Kier molecular flexibility index (Phi) is 4.02. The molecule has 0 aliphatic carbocycles. The van der Waals surface area contributed by atoms with Crippen molar-refractivity contribution in [1.29, 1.82) is 0 Å². The van der Waals surface area contributed by atoms with Crippen LogP contribution >= 0.6 is 0 Å².